The first-order valence-corrected chi connectivity index (χ1v) is 13.3. The molecule has 1 fully saturated rings. The van der Waals surface area contributed by atoms with Crippen LogP contribution in [0.1, 0.15) is 30.5 Å². The van der Waals surface area contributed by atoms with E-state index in [1.807, 2.05) is 0 Å². The Hall–Kier alpha value is -3.57. The van der Waals surface area contributed by atoms with Gasteiger partial charge in [0.1, 0.15) is 17.1 Å². The lowest BCUT2D eigenvalue weighted by molar-refractivity contribution is -0.141. The van der Waals surface area contributed by atoms with Crippen LogP contribution in [0.4, 0.5) is 17.6 Å². The molecule has 0 aliphatic carbocycles. The molecule has 1 aliphatic rings. The lowest BCUT2D eigenvalue weighted by Gasteiger charge is -2.21. The Bertz CT molecular complexity index is 1600. The molecule has 0 spiro atoms. The Balaban J connectivity index is 1.29. The number of aromatic nitrogens is 1. The van der Waals surface area contributed by atoms with E-state index in [1.165, 1.54) is 24.3 Å². The second kappa shape index (κ2) is 9.95. The summed E-state index contributed by atoms with van der Waals surface area (Å²) < 4.78 is 85.5. The van der Waals surface area contributed by atoms with Crippen molar-refractivity contribution in [2.75, 3.05) is 6.54 Å². The number of hydrogen-bond donors (Lipinski definition) is 0. The Morgan fingerprint density at radius 3 is 2.55 bits per heavy atom. The highest BCUT2D eigenvalue weighted by molar-refractivity contribution is 7.89. The zero-order valence-corrected chi connectivity index (χ0v) is 20.7. The predicted molar refractivity (Wildman–Crippen MR) is 131 cm³/mol. The summed E-state index contributed by atoms with van der Waals surface area (Å²) >= 11 is 0. The van der Waals surface area contributed by atoms with E-state index in [4.69, 9.17) is 4.42 Å². The third-order valence-corrected chi connectivity index (χ3v) is 8.36. The molecule has 11 heteroatoms. The highest BCUT2D eigenvalue weighted by atomic mass is 32.2. The van der Waals surface area contributed by atoms with E-state index in [0.717, 1.165) is 28.2 Å². The van der Waals surface area contributed by atoms with Crippen molar-refractivity contribution in [1.29, 1.82) is 0 Å². The molecule has 2 aromatic heterocycles. The van der Waals surface area contributed by atoms with Gasteiger partial charge in [-0.3, -0.25) is 9.78 Å². The fourth-order valence-corrected chi connectivity index (χ4v) is 6.29. The van der Waals surface area contributed by atoms with Crippen LogP contribution in [0.15, 0.2) is 76.4 Å². The van der Waals surface area contributed by atoms with Gasteiger partial charge in [0.25, 0.3) is 10.0 Å². The number of fused-ring (bicyclic) bond motifs is 1. The Morgan fingerprint density at radius 2 is 1.84 bits per heavy atom. The zero-order valence-electron chi connectivity index (χ0n) is 19.9. The Kier molecular flexibility index (Phi) is 6.83. The normalized spacial score (nSPS) is 16.8. The number of pyridine rings is 1. The summed E-state index contributed by atoms with van der Waals surface area (Å²) in [5.41, 5.74) is 1.05. The molecule has 1 atom stereocenters. The van der Waals surface area contributed by atoms with E-state index in [9.17, 15) is 30.8 Å². The van der Waals surface area contributed by atoms with Gasteiger partial charge in [-0.1, -0.05) is 36.4 Å². The molecule has 0 radical (unpaired) electrons. The fraction of sp³-hybridized carbons (Fsp3) is 0.259. The second-order valence-corrected chi connectivity index (χ2v) is 10.9. The van der Waals surface area contributed by atoms with Crippen molar-refractivity contribution in [2.24, 2.45) is 0 Å². The molecule has 0 N–H and O–H groups in total. The van der Waals surface area contributed by atoms with E-state index in [-0.39, 0.29) is 29.7 Å². The van der Waals surface area contributed by atoms with Gasteiger partial charge in [0.2, 0.25) is 5.09 Å². The number of nitrogens with zero attached hydrogens (tertiary/aromatic N) is 2. The minimum atomic E-state index is -4.52. The van der Waals surface area contributed by atoms with Gasteiger partial charge >= 0.3 is 6.18 Å². The number of sulfonamides is 1. The van der Waals surface area contributed by atoms with Gasteiger partial charge in [0.05, 0.1) is 11.4 Å². The van der Waals surface area contributed by atoms with Crippen LogP contribution in [0, 0.1) is 5.82 Å². The van der Waals surface area contributed by atoms with Crippen LogP contribution in [-0.2, 0) is 27.4 Å². The SMILES string of the molecule is O=C(CCc1cccc(-c2ccc(C(F)(F)F)nc2)c1)C1CCCN1S(=O)(=O)c1cc2c(F)cccc2o1. The number of hydrogen-bond acceptors (Lipinski definition) is 5. The van der Waals surface area contributed by atoms with Crippen molar-refractivity contribution < 1.29 is 35.2 Å². The van der Waals surface area contributed by atoms with Gasteiger partial charge in [-0.15, -0.1) is 0 Å². The molecular weight excluding hydrogens is 524 g/mol. The standard InChI is InChI=1S/C27H22F4N2O4S/c28-21-6-2-8-24-20(21)15-26(37-24)38(35,36)33-13-3-7-22(33)23(34)11-9-17-4-1-5-18(14-17)19-10-12-25(32-16-19)27(29,30)31/h1-2,4-6,8,10,12,14-16,22H,3,7,9,11,13H2. The summed E-state index contributed by atoms with van der Waals surface area (Å²) in [5.74, 6) is -0.856. The number of rotatable bonds is 7. The third kappa shape index (κ3) is 5.08. The molecule has 5 rings (SSSR count). The molecule has 1 saturated heterocycles. The fourth-order valence-electron chi connectivity index (χ4n) is 4.67. The summed E-state index contributed by atoms with van der Waals surface area (Å²) in [4.78, 5) is 16.6. The number of carbonyl (C=O) groups excluding carboxylic acids is 1. The van der Waals surface area contributed by atoms with Crippen LogP contribution in [0.5, 0.6) is 0 Å². The average molecular weight is 547 g/mol. The highest BCUT2D eigenvalue weighted by Gasteiger charge is 2.40. The molecule has 3 heterocycles. The third-order valence-electron chi connectivity index (χ3n) is 6.60. The topological polar surface area (TPSA) is 80.5 Å². The number of Topliss-reactive ketones (excluding diaryl/α,β-unsaturated/α-hetero) is 1. The number of aryl methyl sites for hydroxylation is 1. The maximum atomic E-state index is 14.1. The number of alkyl halides is 3. The average Bonchev–Trinajstić information content (AvgIpc) is 3.56. The first-order valence-electron chi connectivity index (χ1n) is 11.9. The zero-order chi connectivity index (χ0) is 27.1. The van der Waals surface area contributed by atoms with E-state index < -0.39 is 38.8 Å². The first kappa shape index (κ1) is 26.1. The van der Waals surface area contributed by atoms with Crippen LogP contribution < -0.4 is 0 Å². The van der Waals surface area contributed by atoms with Gasteiger partial charge < -0.3 is 4.42 Å². The largest absolute Gasteiger partial charge is 0.443 e. The summed E-state index contributed by atoms with van der Waals surface area (Å²) in [6.07, 6.45) is -2.12. The van der Waals surface area contributed by atoms with Crippen molar-refractivity contribution in [1.82, 2.24) is 9.29 Å². The quantitative estimate of drug-likeness (QED) is 0.265. The van der Waals surface area contributed by atoms with Gasteiger partial charge in [-0.2, -0.15) is 17.5 Å². The smallest absolute Gasteiger partial charge is 0.433 e. The van der Waals surface area contributed by atoms with Crippen LogP contribution in [0.25, 0.3) is 22.1 Å². The van der Waals surface area contributed by atoms with Crippen molar-refractivity contribution in [3.8, 4) is 11.1 Å². The molecule has 0 bridgehead atoms. The van der Waals surface area contributed by atoms with Gasteiger partial charge in [0, 0.05) is 30.8 Å². The van der Waals surface area contributed by atoms with E-state index >= 15 is 0 Å². The van der Waals surface area contributed by atoms with Crippen molar-refractivity contribution in [2.45, 2.75) is 43.0 Å². The molecule has 38 heavy (non-hydrogen) atoms. The van der Waals surface area contributed by atoms with E-state index in [2.05, 4.69) is 4.98 Å². The number of ketones is 1. The summed E-state index contributed by atoms with van der Waals surface area (Å²) in [6, 6.07) is 13.7. The molecule has 4 aromatic rings. The molecule has 1 aliphatic heterocycles. The van der Waals surface area contributed by atoms with Crippen molar-refractivity contribution in [3.63, 3.8) is 0 Å². The summed E-state index contributed by atoms with van der Waals surface area (Å²) in [5, 5.41) is -0.355. The minimum Gasteiger partial charge on any atom is -0.443 e. The molecule has 0 saturated carbocycles. The van der Waals surface area contributed by atoms with Crippen LogP contribution in [0.3, 0.4) is 0 Å². The lowest BCUT2D eigenvalue weighted by atomic mass is 9.99. The summed E-state index contributed by atoms with van der Waals surface area (Å²) in [7, 11) is -4.16. The van der Waals surface area contributed by atoms with Gasteiger partial charge in [0.15, 0.2) is 5.78 Å². The molecule has 2 aromatic carbocycles. The Morgan fingerprint density at radius 1 is 1.05 bits per heavy atom. The van der Waals surface area contributed by atoms with Crippen LogP contribution in [0.2, 0.25) is 0 Å². The van der Waals surface area contributed by atoms with Gasteiger partial charge in [-0.25, -0.2) is 12.8 Å². The summed E-state index contributed by atoms with van der Waals surface area (Å²) in [6.45, 7) is 0.147. The maximum Gasteiger partial charge on any atom is 0.433 e. The molecular formula is C27H22F4N2O4S. The Labute approximate surface area is 215 Å². The van der Waals surface area contributed by atoms with Crippen LogP contribution in [-0.4, -0.2) is 36.1 Å². The molecule has 6 nitrogen and oxygen atoms in total. The number of carbonyl (C=O) groups is 1. The molecule has 0 amide bonds. The number of halogens is 4. The van der Waals surface area contributed by atoms with Crippen molar-refractivity contribution >= 4 is 26.8 Å². The number of benzene rings is 2. The lowest BCUT2D eigenvalue weighted by Crippen LogP contribution is -2.40. The number of furan rings is 1. The molecule has 198 valence electrons. The van der Waals surface area contributed by atoms with E-state index in [0.29, 0.717) is 30.4 Å². The minimum absolute atomic E-state index is 0.0521. The van der Waals surface area contributed by atoms with Crippen LogP contribution >= 0.6 is 0 Å². The van der Waals surface area contributed by atoms with E-state index in [1.54, 1.807) is 24.3 Å². The monoisotopic (exact) mass is 546 g/mol. The highest BCUT2D eigenvalue weighted by Crippen LogP contribution is 2.32. The predicted octanol–water partition coefficient (Wildman–Crippen LogP) is 6.01. The van der Waals surface area contributed by atoms with Gasteiger partial charge in [-0.05, 0) is 48.6 Å². The molecule has 1 unspecified atom stereocenters. The first-order chi connectivity index (χ1) is 18.0. The van der Waals surface area contributed by atoms with Crippen molar-refractivity contribution in [3.05, 3.63) is 83.9 Å². The maximum absolute atomic E-state index is 14.1. The second-order valence-electron chi connectivity index (χ2n) is 9.09.